The van der Waals surface area contributed by atoms with Crippen molar-refractivity contribution in [2.45, 2.75) is 6.54 Å². The molecule has 0 bridgehead atoms. The summed E-state index contributed by atoms with van der Waals surface area (Å²) in [5, 5.41) is 7.53. The van der Waals surface area contributed by atoms with E-state index in [0.717, 1.165) is 0 Å². The summed E-state index contributed by atoms with van der Waals surface area (Å²) in [4.78, 5) is 1.25. The zero-order valence-electron chi connectivity index (χ0n) is 5.13. The zero-order chi connectivity index (χ0) is 7.11. The Bertz CT molecular complexity index is 137. The van der Waals surface area contributed by atoms with Gasteiger partial charge in [0.25, 0.3) is 0 Å². The second-order valence-electron chi connectivity index (χ2n) is 1.28. The summed E-state index contributed by atoms with van der Waals surface area (Å²) in [6.07, 6.45) is 0. The Labute approximate surface area is 58.8 Å². The van der Waals surface area contributed by atoms with Gasteiger partial charge in [0.2, 0.25) is 0 Å². The first-order chi connectivity index (χ1) is 4.43. The molecule has 0 aromatic carbocycles. The van der Waals surface area contributed by atoms with Crippen LogP contribution in [-0.4, -0.2) is 6.72 Å². The highest BCUT2D eigenvalue weighted by Crippen LogP contribution is 2.05. The van der Waals surface area contributed by atoms with Crippen molar-refractivity contribution in [3.05, 3.63) is 22.4 Å². The molecule has 3 N–H and O–H groups in total. The molecule has 0 saturated carbocycles. The van der Waals surface area contributed by atoms with Crippen LogP contribution in [0, 0.1) is 5.41 Å². The van der Waals surface area contributed by atoms with Gasteiger partial charge in [-0.2, -0.15) is 0 Å². The molecule has 0 radical (unpaired) electrons. The summed E-state index contributed by atoms with van der Waals surface area (Å²) >= 11 is 1.70. The van der Waals surface area contributed by atoms with Crippen molar-refractivity contribution >= 4 is 18.1 Å². The average molecular weight is 142 g/mol. The first-order valence-corrected chi connectivity index (χ1v) is 3.39. The molecule has 0 amide bonds. The maximum absolute atomic E-state index is 5.50. The lowest BCUT2D eigenvalue weighted by molar-refractivity contribution is 1.11. The van der Waals surface area contributed by atoms with E-state index in [2.05, 4.69) is 6.72 Å². The van der Waals surface area contributed by atoms with Crippen LogP contribution in [0.1, 0.15) is 4.88 Å². The Morgan fingerprint density at radius 1 is 1.67 bits per heavy atom. The third-order valence-corrected chi connectivity index (χ3v) is 1.68. The maximum atomic E-state index is 5.50. The van der Waals surface area contributed by atoms with Gasteiger partial charge in [0.1, 0.15) is 0 Å². The van der Waals surface area contributed by atoms with Crippen molar-refractivity contribution in [2.24, 2.45) is 5.73 Å². The van der Waals surface area contributed by atoms with Crippen LogP contribution in [0.4, 0.5) is 0 Å². The molecule has 3 heteroatoms. The summed E-state index contributed by atoms with van der Waals surface area (Å²) < 4.78 is 0. The molecule has 0 unspecified atom stereocenters. The van der Waals surface area contributed by atoms with Crippen LogP contribution in [0.15, 0.2) is 17.5 Å². The van der Waals surface area contributed by atoms with Crippen LogP contribution in [0.25, 0.3) is 0 Å². The molecular weight excluding hydrogens is 132 g/mol. The summed E-state index contributed by atoms with van der Waals surface area (Å²) in [6, 6.07) is 4.04. The fraction of sp³-hybridized carbons (Fsp3) is 0.167. The van der Waals surface area contributed by atoms with E-state index in [1.54, 1.807) is 11.3 Å². The minimum atomic E-state index is 0.678. The van der Waals surface area contributed by atoms with Gasteiger partial charge in [0, 0.05) is 11.4 Å². The van der Waals surface area contributed by atoms with Gasteiger partial charge in [0.15, 0.2) is 0 Å². The highest BCUT2D eigenvalue weighted by Gasteiger charge is 1.82. The molecule has 1 heterocycles. The molecule has 0 fully saturated rings. The number of hydrogen-bond donors (Lipinski definition) is 2. The van der Waals surface area contributed by atoms with E-state index in [1.807, 2.05) is 17.5 Å². The molecule has 0 aliphatic heterocycles. The fourth-order valence-electron chi connectivity index (χ4n) is 0.429. The lowest BCUT2D eigenvalue weighted by Crippen LogP contribution is -1.90. The van der Waals surface area contributed by atoms with Gasteiger partial charge in [-0.3, -0.25) is 0 Å². The first kappa shape index (κ1) is 8.33. The van der Waals surface area contributed by atoms with Gasteiger partial charge in [-0.1, -0.05) is 6.07 Å². The quantitative estimate of drug-likeness (QED) is 0.573. The van der Waals surface area contributed by atoms with Crippen LogP contribution in [-0.2, 0) is 6.54 Å². The molecule has 2 nitrogen and oxygen atoms in total. The predicted octanol–water partition coefficient (Wildman–Crippen LogP) is 1.47. The van der Waals surface area contributed by atoms with E-state index >= 15 is 0 Å². The number of hydrogen-bond acceptors (Lipinski definition) is 3. The van der Waals surface area contributed by atoms with Crippen molar-refractivity contribution in [2.75, 3.05) is 0 Å². The second kappa shape index (κ2) is 5.47. The molecule has 50 valence electrons. The molecule has 0 aliphatic carbocycles. The van der Waals surface area contributed by atoms with Crippen molar-refractivity contribution in [3.63, 3.8) is 0 Å². The van der Waals surface area contributed by atoms with Gasteiger partial charge in [-0.25, -0.2) is 0 Å². The summed E-state index contributed by atoms with van der Waals surface area (Å²) in [5.74, 6) is 0. The second-order valence-corrected chi connectivity index (χ2v) is 2.32. The molecule has 0 atom stereocenters. The summed E-state index contributed by atoms with van der Waals surface area (Å²) in [7, 11) is 0. The van der Waals surface area contributed by atoms with Crippen molar-refractivity contribution < 1.29 is 0 Å². The highest BCUT2D eigenvalue weighted by atomic mass is 32.1. The van der Waals surface area contributed by atoms with Gasteiger partial charge in [0.05, 0.1) is 0 Å². The van der Waals surface area contributed by atoms with E-state index in [1.165, 1.54) is 4.88 Å². The molecular formula is C6H10N2S. The lowest BCUT2D eigenvalue weighted by atomic mass is 10.5. The molecule has 0 aliphatic rings. The first-order valence-electron chi connectivity index (χ1n) is 2.51. The van der Waals surface area contributed by atoms with E-state index < -0.39 is 0 Å². The normalized spacial score (nSPS) is 7.67. The molecule has 1 aromatic heterocycles. The number of thiophene rings is 1. The highest BCUT2D eigenvalue weighted by molar-refractivity contribution is 7.09. The van der Waals surface area contributed by atoms with Gasteiger partial charge < -0.3 is 11.1 Å². The summed E-state index contributed by atoms with van der Waals surface area (Å²) in [6.45, 7) is 3.18. The largest absolute Gasteiger partial charge is 0.326 e. The molecule has 1 rings (SSSR count). The van der Waals surface area contributed by atoms with E-state index in [9.17, 15) is 0 Å². The fourth-order valence-corrected chi connectivity index (χ4v) is 1.01. The number of nitrogens with two attached hydrogens (primary N) is 1. The molecule has 9 heavy (non-hydrogen) atoms. The Hall–Kier alpha value is -0.670. The SMILES string of the molecule is C=N.NCc1cccs1. The van der Waals surface area contributed by atoms with Gasteiger partial charge >= 0.3 is 0 Å². The van der Waals surface area contributed by atoms with Gasteiger partial charge in [-0.15, -0.1) is 11.3 Å². The van der Waals surface area contributed by atoms with Crippen LogP contribution in [0.3, 0.4) is 0 Å². The Kier molecular flexibility index (Phi) is 5.06. The zero-order valence-corrected chi connectivity index (χ0v) is 5.95. The number of rotatable bonds is 1. The van der Waals surface area contributed by atoms with Gasteiger partial charge in [-0.05, 0) is 18.2 Å². The minimum Gasteiger partial charge on any atom is -0.326 e. The minimum absolute atomic E-state index is 0.678. The third-order valence-electron chi connectivity index (χ3n) is 0.781. The van der Waals surface area contributed by atoms with Crippen LogP contribution >= 0.6 is 11.3 Å². The maximum Gasteiger partial charge on any atom is 0.0273 e. The van der Waals surface area contributed by atoms with E-state index in [0.29, 0.717) is 6.54 Å². The van der Waals surface area contributed by atoms with E-state index in [4.69, 9.17) is 11.1 Å². The van der Waals surface area contributed by atoms with Crippen LogP contribution in [0.2, 0.25) is 0 Å². The molecule has 0 saturated heterocycles. The lowest BCUT2D eigenvalue weighted by Gasteiger charge is -1.79. The van der Waals surface area contributed by atoms with Crippen molar-refractivity contribution in [1.82, 2.24) is 0 Å². The monoisotopic (exact) mass is 142 g/mol. The third kappa shape index (κ3) is 3.00. The topological polar surface area (TPSA) is 49.9 Å². The standard InChI is InChI=1S/C5H7NS.CH3N/c6-4-5-2-1-3-7-5;1-2/h1-3H,4,6H2;2H,1H2. The van der Waals surface area contributed by atoms with E-state index in [-0.39, 0.29) is 0 Å². The van der Waals surface area contributed by atoms with Crippen LogP contribution in [0.5, 0.6) is 0 Å². The van der Waals surface area contributed by atoms with Crippen molar-refractivity contribution in [1.29, 1.82) is 5.41 Å². The molecule has 0 spiro atoms. The average Bonchev–Trinajstić information content (AvgIpc) is 2.43. The smallest absolute Gasteiger partial charge is 0.0273 e. The van der Waals surface area contributed by atoms with Crippen LogP contribution < -0.4 is 5.73 Å². The summed E-state index contributed by atoms with van der Waals surface area (Å²) in [5.41, 5.74) is 5.30. The number of nitrogens with one attached hydrogen (secondary N) is 1. The van der Waals surface area contributed by atoms with Crippen molar-refractivity contribution in [3.8, 4) is 0 Å². The predicted molar refractivity (Wildman–Crippen MR) is 42.1 cm³/mol. The Balaban J connectivity index is 0.000000291. The Morgan fingerprint density at radius 2 is 2.33 bits per heavy atom. The molecule has 1 aromatic rings. The Morgan fingerprint density at radius 3 is 2.56 bits per heavy atom.